The van der Waals surface area contributed by atoms with Gasteiger partial charge in [0.15, 0.2) is 0 Å². The van der Waals surface area contributed by atoms with Gasteiger partial charge in [0, 0.05) is 35.4 Å². The lowest BCUT2D eigenvalue weighted by atomic mass is 9.92. The van der Waals surface area contributed by atoms with E-state index in [1.807, 2.05) is 0 Å². The monoisotopic (exact) mass is 337 g/mol. The van der Waals surface area contributed by atoms with Gasteiger partial charge in [-0.05, 0) is 25.3 Å². The van der Waals surface area contributed by atoms with Crippen molar-refractivity contribution in [2.24, 2.45) is 5.89 Å². The topological polar surface area (TPSA) is 69.5 Å². The number of carbonyl (C=O) groups is 1. The van der Waals surface area contributed by atoms with Gasteiger partial charge in [0.1, 0.15) is 20.5 Å². The van der Waals surface area contributed by atoms with E-state index in [4.69, 9.17) is 20.3 Å². The number of likely N-dealkylation sites (tertiary alicyclic amines) is 1. The average molecular weight is 337 g/mol. The van der Waals surface area contributed by atoms with Crippen LogP contribution >= 0.6 is 0 Å². The second-order valence-corrected chi connectivity index (χ2v) is 5.26. The van der Waals surface area contributed by atoms with Crippen LogP contribution in [0.1, 0.15) is 34.0 Å². The van der Waals surface area contributed by atoms with Gasteiger partial charge >= 0.3 is 5.91 Å². The average Bonchev–Trinajstić information content (AvgIpc) is 3.02. The molecule has 3 rings (SSSR count). The lowest BCUT2D eigenvalue weighted by Gasteiger charge is -2.41. The first-order valence-corrected chi connectivity index (χ1v) is 7.10. The van der Waals surface area contributed by atoms with Crippen LogP contribution in [0.2, 0.25) is 0 Å². The largest absolute Gasteiger partial charge is 0.354 e. The Bertz CT molecular complexity index is 1200. The Labute approximate surface area is 157 Å². The van der Waals surface area contributed by atoms with E-state index in [1.54, 1.807) is 0 Å². The maximum Gasteiger partial charge on any atom is 0.302 e. The molecular weight excluding hydrogens is 304 g/mol. The first-order valence-electron chi connectivity index (χ1n) is 12.6. The molecular formula is C17H22N6O. The Hall–Kier alpha value is -2.62. The Morgan fingerprint density at radius 1 is 1.75 bits per heavy atom. The van der Waals surface area contributed by atoms with Crippen LogP contribution in [0.3, 0.4) is 0 Å². The highest BCUT2D eigenvalue weighted by atomic mass is 16.2. The SMILES string of the molecule is [2H]c1c(C)[nH]c2ncnc(N(C([2H])([2H])[2H])[C@@]3([2H])CN(C(=O)C([2H])([2H])[N+]#[C-])CC[C@@]3([2H])C([2H])([2H])[2H])c12. The summed E-state index contributed by atoms with van der Waals surface area (Å²) in [6, 6.07) is -3.14. The first-order chi connectivity index (χ1) is 15.8. The van der Waals surface area contributed by atoms with Gasteiger partial charge in [-0.25, -0.2) is 16.5 Å². The molecule has 0 aromatic carbocycles. The molecule has 7 nitrogen and oxygen atoms in total. The van der Waals surface area contributed by atoms with Gasteiger partial charge in [0.25, 0.3) is 6.50 Å². The minimum absolute atomic E-state index is 0.0490. The number of aromatic nitrogens is 3. The summed E-state index contributed by atoms with van der Waals surface area (Å²) in [4.78, 5) is 27.0. The molecule has 1 amide bonds. The number of anilines is 1. The Kier molecular flexibility index (Phi) is 2.03. The Morgan fingerprint density at radius 3 is 3.38 bits per heavy atom. The van der Waals surface area contributed by atoms with Crippen molar-refractivity contribution >= 4 is 22.8 Å². The third-order valence-corrected chi connectivity index (χ3v) is 3.69. The summed E-state index contributed by atoms with van der Waals surface area (Å²) in [6.45, 7) is -2.58. The molecule has 2 aromatic rings. The number of nitrogens with one attached hydrogen (secondary N) is 1. The molecule has 126 valence electrons. The minimum Gasteiger partial charge on any atom is -0.354 e. The van der Waals surface area contributed by atoms with E-state index in [0.29, 0.717) is 15.5 Å². The summed E-state index contributed by atoms with van der Waals surface area (Å²) in [7, 11) is 0. The van der Waals surface area contributed by atoms with Gasteiger partial charge in [-0.2, -0.15) is 0 Å². The van der Waals surface area contributed by atoms with E-state index in [9.17, 15) is 6.17 Å². The van der Waals surface area contributed by atoms with Crippen LogP contribution in [0.4, 0.5) is 5.82 Å². The molecule has 1 saturated heterocycles. The van der Waals surface area contributed by atoms with Crippen LogP contribution in [0.15, 0.2) is 12.4 Å². The van der Waals surface area contributed by atoms with Crippen LogP contribution in [0, 0.1) is 19.4 Å². The molecule has 7 heteroatoms. The van der Waals surface area contributed by atoms with Crippen LogP contribution in [-0.2, 0) is 4.79 Å². The van der Waals surface area contributed by atoms with Crippen LogP contribution in [-0.4, -0.2) is 58.3 Å². The number of aromatic amines is 1. The smallest absolute Gasteiger partial charge is 0.302 e. The van der Waals surface area contributed by atoms with Gasteiger partial charge in [-0.3, -0.25) is 4.79 Å². The zero-order valence-electron chi connectivity index (χ0n) is 23.8. The highest BCUT2D eigenvalue weighted by Gasteiger charge is 2.33. The first kappa shape index (κ1) is 7.51. The number of amides is 1. The normalized spacial score (nSPS) is 35.3. The second kappa shape index (κ2) is 6.48. The van der Waals surface area contributed by atoms with Crippen molar-refractivity contribution in [1.82, 2.24) is 19.9 Å². The third kappa shape index (κ3) is 2.92. The highest BCUT2D eigenvalue weighted by molar-refractivity contribution is 5.88. The molecule has 0 spiro atoms. The number of nitrogens with zero attached hydrogens (tertiary/aromatic N) is 5. The fourth-order valence-corrected chi connectivity index (χ4v) is 2.52. The number of piperidine rings is 1. The summed E-state index contributed by atoms with van der Waals surface area (Å²) >= 11 is 0. The molecule has 0 saturated carbocycles. The molecule has 0 bridgehead atoms. The number of carbonyl (C=O) groups excluding carboxylic acids is 1. The number of likely N-dealkylation sites (N-methyl/N-ethyl adjacent to an activating group) is 1. The Balaban J connectivity index is 2.33. The maximum atomic E-state index is 12.7. The van der Waals surface area contributed by atoms with E-state index in [0.717, 1.165) is 6.33 Å². The van der Waals surface area contributed by atoms with Crippen molar-refractivity contribution in [1.29, 1.82) is 0 Å². The summed E-state index contributed by atoms with van der Waals surface area (Å²) in [5.74, 6) is -4.68. The van der Waals surface area contributed by atoms with Gasteiger partial charge in [-0.15, -0.1) is 0 Å². The molecule has 1 fully saturated rings. The molecule has 3 heterocycles. The summed E-state index contributed by atoms with van der Waals surface area (Å²) < 4.78 is 90.1. The third-order valence-electron chi connectivity index (χ3n) is 3.69. The van der Waals surface area contributed by atoms with Crippen molar-refractivity contribution in [2.45, 2.75) is 26.2 Å². The Morgan fingerprint density at radius 2 is 2.62 bits per heavy atom. The number of hydrogen-bond donors (Lipinski definition) is 1. The van der Waals surface area contributed by atoms with Gasteiger partial charge in [-0.1, -0.05) is 6.85 Å². The van der Waals surface area contributed by atoms with Crippen molar-refractivity contribution in [3.05, 3.63) is 29.5 Å². The van der Waals surface area contributed by atoms with Crippen molar-refractivity contribution < 1.29 is 19.9 Å². The molecule has 1 N–H and O–H groups in total. The van der Waals surface area contributed by atoms with E-state index >= 15 is 0 Å². The second-order valence-electron chi connectivity index (χ2n) is 5.26. The summed E-state index contributed by atoms with van der Waals surface area (Å²) in [6.07, 6.45) is 0.243. The summed E-state index contributed by atoms with van der Waals surface area (Å²) in [5.41, 5.74) is 0.345. The van der Waals surface area contributed by atoms with Gasteiger partial charge in [0.2, 0.25) is 0 Å². The molecule has 0 radical (unpaired) electrons. The van der Waals surface area contributed by atoms with Gasteiger partial charge in [0.05, 0.1) is 14.1 Å². The van der Waals surface area contributed by atoms with E-state index in [-0.39, 0.29) is 17.1 Å². The molecule has 0 aliphatic carbocycles. The highest BCUT2D eigenvalue weighted by Crippen LogP contribution is 2.29. The van der Waals surface area contributed by atoms with Crippen LogP contribution in [0.25, 0.3) is 15.9 Å². The fourth-order valence-electron chi connectivity index (χ4n) is 2.52. The van der Waals surface area contributed by atoms with E-state index < -0.39 is 63.5 Å². The van der Waals surface area contributed by atoms with E-state index in [1.165, 1.54) is 6.92 Å². The van der Waals surface area contributed by atoms with Crippen LogP contribution in [0.5, 0.6) is 0 Å². The van der Waals surface area contributed by atoms with Crippen molar-refractivity contribution in [3.8, 4) is 0 Å². The lowest BCUT2D eigenvalue weighted by molar-refractivity contribution is -0.130. The number of fused-ring (bicyclic) bond motifs is 1. The predicted octanol–water partition coefficient (Wildman–Crippen LogP) is 1.86. The quantitative estimate of drug-likeness (QED) is 0.868. The van der Waals surface area contributed by atoms with Crippen LogP contribution < -0.4 is 4.90 Å². The number of aryl methyl sites for hydroxylation is 1. The van der Waals surface area contributed by atoms with Gasteiger partial charge < -0.3 is 19.6 Å². The molecule has 1 aliphatic rings. The van der Waals surface area contributed by atoms with E-state index in [2.05, 4.69) is 19.8 Å². The standard InChI is InChI=1S/C17H22N6O/c1-11-5-6-23(15(24)8-18-3)9-14(11)22(4)17-13-7-12(2)21-16(13)19-10-20-17/h7,10-11,14H,5-6,8-9H2,1-2,4H3,(H,19,20,21)/t11-,14+/m1/s1/i1D3,4D3,7D,8D2,11D,14D. The number of rotatable bonds is 3. The maximum absolute atomic E-state index is 12.7. The van der Waals surface area contributed by atoms with Crippen molar-refractivity contribution in [3.63, 3.8) is 0 Å². The molecule has 24 heavy (non-hydrogen) atoms. The number of H-pyrrole nitrogens is 1. The predicted molar refractivity (Wildman–Crippen MR) is 92.6 cm³/mol. The zero-order chi connectivity index (χ0) is 26.8. The minimum atomic E-state index is -3.29. The molecule has 2 atom stereocenters. The zero-order valence-corrected chi connectivity index (χ0v) is 12.8. The molecule has 0 unspecified atom stereocenters. The fraction of sp³-hybridized carbons (Fsp3) is 0.529. The van der Waals surface area contributed by atoms with Crippen molar-refractivity contribution in [2.75, 3.05) is 31.5 Å². The number of hydrogen-bond acceptors (Lipinski definition) is 4. The molecule has 1 aliphatic heterocycles. The molecule has 2 aromatic heterocycles. The summed E-state index contributed by atoms with van der Waals surface area (Å²) in [5, 5.41) is -0.124. The lowest BCUT2D eigenvalue weighted by Crippen LogP contribution is -2.53.